The van der Waals surface area contributed by atoms with Crippen LogP contribution in [0.25, 0.3) is 11.3 Å². The van der Waals surface area contributed by atoms with Gasteiger partial charge in [0.1, 0.15) is 5.69 Å². The Morgan fingerprint density at radius 1 is 1.04 bits per heavy atom. The van der Waals surface area contributed by atoms with Gasteiger partial charge in [-0.3, -0.25) is 14.9 Å². The normalized spacial score (nSPS) is 11.3. The number of benzene rings is 2. The molecule has 0 saturated heterocycles. The molecule has 0 saturated carbocycles. The van der Waals surface area contributed by atoms with E-state index in [1.165, 1.54) is 15.8 Å². The van der Waals surface area contributed by atoms with Crippen molar-refractivity contribution in [3.8, 4) is 11.3 Å². The molecule has 4 aromatic rings. The van der Waals surface area contributed by atoms with E-state index in [2.05, 4.69) is 46.5 Å². The van der Waals surface area contributed by atoms with Crippen LogP contribution in [-0.2, 0) is 6.54 Å². The summed E-state index contributed by atoms with van der Waals surface area (Å²) in [4.78, 5) is 0. The molecule has 0 aliphatic carbocycles. The number of rotatable bonds is 5. The molecular weight excluding hydrogens is 388 g/mol. The number of nitrogens with zero attached hydrogens (tertiary/aromatic N) is 4. The summed E-state index contributed by atoms with van der Waals surface area (Å²) in [6.07, 6.45) is 3.72. The Morgan fingerprint density at radius 2 is 1.79 bits per heavy atom. The van der Waals surface area contributed by atoms with E-state index in [1.54, 1.807) is 6.21 Å². The second-order valence-corrected chi connectivity index (χ2v) is 7.18. The maximum atomic E-state index is 5.20. The molecule has 140 valence electrons. The predicted octanol–water partition coefficient (Wildman–Crippen LogP) is 4.71. The SMILES string of the molecule is Cc1cccc(-c2nn(Cc3ccccc3)cc2/C=N\n2c(=S)[nH][nH]c2=S)c1. The first-order valence-corrected chi connectivity index (χ1v) is 9.54. The number of H-pyrrole nitrogens is 2. The Bertz CT molecular complexity index is 1220. The first-order chi connectivity index (χ1) is 13.6. The van der Waals surface area contributed by atoms with Crippen molar-refractivity contribution in [1.29, 1.82) is 0 Å². The minimum Gasteiger partial charge on any atom is -0.273 e. The van der Waals surface area contributed by atoms with Gasteiger partial charge in [0, 0.05) is 17.3 Å². The van der Waals surface area contributed by atoms with Crippen molar-refractivity contribution < 1.29 is 0 Å². The van der Waals surface area contributed by atoms with Crippen LogP contribution in [0, 0.1) is 16.5 Å². The second-order valence-electron chi connectivity index (χ2n) is 6.40. The van der Waals surface area contributed by atoms with Gasteiger partial charge in [-0.25, -0.2) is 0 Å². The minimum absolute atomic E-state index is 0.412. The fourth-order valence-corrected chi connectivity index (χ4v) is 3.37. The molecule has 0 spiro atoms. The zero-order valence-corrected chi connectivity index (χ0v) is 16.8. The van der Waals surface area contributed by atoms with E-state index in [0.29, 0.717) is 16.1 Å². The molecule has 28 heavy (non-hydrogen) atoms. The molecule has 8 heteroatoms. The standard InChI is InChI=1S/C20H18N6S2/c1-14-6-5-9-16(10-14)18-17(11-21-26-19(27)22-23-20(26)28)13-25(24-18)12-15-7-3-2-4-8-15/h2-11,13H,12H2,1H3,(H,22,27)(H,23,28)/b21-11-. The van der Waals surface area contributed by atoms with E-state index in [0.717, 1.165) is 16.8 Å². The molecule has 6 nitrogen and oxygen atoms in total. The number of aromatic amines is 2. The molecule has 0 aliphatic rings. The van der Waals surface area contributed by atoms with Crippen LogP contribution in [0.5, 0.6) is 0 Å². The molecule has 0 aliphatic heterocycles. The summed E-state index contributed by atoms with van der Waals surface area (Å²) >= 11 is 10.4. The fourth-order valence-electron chi connectivity index (χ4n) is 2.93. The van der Waals surface area contributed by atoms with Crippen LogP contribution < -0.4 is 0 Å². The Hall–Kier alpha value is -3.10. The third-order valence-electron chi connectivity index (χ3n) is 4.24. The van der Waals surface area contributed by atoms with Crippen molar-refractivity contribution in [2.75, 3.05) is 0 Å². The summed E-state index contributed by atoms with van der Waals surface area (Å²) in [5.74, 6) is 0. The topological polar surface area (TPSA) is 66.7 Å². The molecule has 0 radical (unpaired) electrons. The Kier molecular flexibility index (Phi) is 5.14. The average molecular weight is 407 g/mol. The van der Waals surface area contributed by atoms with Gasteiger partial charge in [-0.1, -0.05) is 54.1 Å². The van der Waals surface area contributed by atoms with Crippen LogP contribution in [0.1, 0.15) is 16.7 Å². The van der Waals surface area contributed by atoms with E-state index in [1.807, 2.05) is 41.2 Å². The molecule has 2 N–H and O–H groups in total. The lowest BCUT2D eigenvalue weighted by molar-refractivity contribution is 0.689. The summed E-state index contributed by atoms with van der Waals surface area (Å²) in [6, 6.07) is 18.5. The zero-order chi connectivity index (χ0) is 19.5. The summed E-state index contributed by atoms with van der Waals surface area (Å²) in [5, 5.41) is 14.8. The first kappa shape index (κ1) is 18.3. The van der Waals surface area contributed by atoms with Crippen molar-refractivity contribution in [2.24, 2.45) is 5.10 Å². The van der Waals surface area contributed by atoms with Crippen LogP contribution in [0.2, 0.25) is 0 Å². The highest BCUT2D eigenvalue weighted by molar-refractivity contribution is 7.72. The Morgan fingerprint density at radius 3 is 2.50 bits per heavy atom. The molecule has 2 aromatic heterocycles. The number of aromatic nitrogens is 5. The molecular formula is C20H18N6S2. The maximum Gasteiger partial charge on any atom is 0.215 e. The smallest absolute Gasteiger partial charge is 0.215 e. The zero-order valence-electron chi connectivity index (χ0n) is 15.2. The van der Waals surface area contributed by atoms with Gasteiger partial charge in [0.05, 0.1) is 12.8 Å². The average Bonchev–Trinajstić information content (AvgIpc) is 3.24. The summed E-state index contributed by atoms with van der Waals surface area (Å²) in [7, 11) is 0. The maximum absolute atomic E-state index is 5.20. The van der Waals surface area contributed by atoms with Crippen LogP contribution in [0.3, 0.4) is 0 Å². The Balaban J connectivity index is 1.76. The Labute approximate surface area is 172 Å². The van der Waals surface area contributed by atoms with Crippen LogP contribution in [0.4, 0.5) is 0 Å². The van der Waals surface area contributed by atoms with Gasteiger partial charge in [0.25, 0.3) is 0 Å². The quantitative estimate of drug-likeness (QED) is 0.373. The minimum atomic E-state index is 0.412. The second kappa shape index (κ2) is 7.87. The van der Waals surface area contributed by atoms with Gasteiger partial charge in [-0.2, -0.15) is 14.9 Å². The highest BCUT2D eigenvalue weighted by Crippen LogP contribution is 2.22. The molecule has 0 bridgehead atoms. The molecule has 4 rings (SSSR count). The van der Waals surface area contributed by atoms with E-state index in [4.69, 9.17) is 29.5 Å². The van der Waals surface area contributed by atoms with Gasteiger partial charge in [-0.05, 0) is 43.0 Å². The van der Waals surface area contributed by atoms with E-state index in [9.17, 15) is 0 Å². The first-order valence-electron chi connectivity index (χ1n) is 8.72. The third kappa shape index (κ3) is 3.92. The van der Waals surface area contributed by atoms with E-state index >= 15 is 0 Å². The molecule has 2 aromatic carbocycles. The van der Waals surface area contributed by atoms with Crippen LogP contribution >= 0.6 is 24.4 Å². The van der Waals surface area contributed by atoms with Crippen LogP contribution in [0.15, 0.2) is 65.9 Å². The predicted molar refractivity (Wildman–Crippen MR) is 116 cm³/mol. The van der Waals surface area contributed by atoms with Crippen molar-refractivity contribution in [3.05, 3.63) is 87.0 Å². The molecule has 0 atom stereocenters. The van der Waals surface area contributed by atoms with Crippen molar-refractivity contribution >= 4 is 30.7 Å². The van der Waals surface area contributed by atoms with Crippen LogP contribution in [-0.4, -0.2) is 30.9 Å². The number of nitrogens with one attached hydrogen (secondary N) is 2. The van der Waals surface area contributed by atoms with E-state index in [-0.39, 0.29) is 0 Å². The van der Waals surface area contributed by atoms with Gasteiger partial charge in [-0.15, -0.1) is 0 Å². The van der Waals surface area contributed by atoms with Crippen molar-refractivity contribution in [1.82, 2.24) is 24.7 Å². The third-order valence-corrected chi connectivity index (χ3v) is 4.79. The summed E-state index contributed by atoms with van der Waals surface area (Å²) < 4.78 is 4.22. The number of aryl methyl sites for hydroxylation is 1. The molecule has 2 heterocycles. The van der Waals surface area contributed by atoms with Gasteiger partial charge >= 0.3 is 0 Å². The van der Waals surface area contributed by atoms with Gasteiger partial charge in [0.15, 0.2) is 0 Å². The highest BCUT2D eigenvalue weighted by atomic mass is 32.1. The van der Waals surface area contributed by atoms with Crippen molar-refractivity contribution in [3.63, 3.8) is 0 Å². The van der Waals surface area contributed by atoms with Gasteiger partial charge < -0.3 is 0 Å². The fraction of sp³-hybridized carbons (Fsp3) is 0.100. The lowest BCUT2D eigenvalue weighted by Crippen LogP contribution is -2.00. The monoisotopic (exact) mass is 406 g/mol. The largest absolute Gasteiger partial charge is 0.273 e. The van der Waals surface area contributed by atoms with Crippen molar-refractivity contribution in [2.45, 2.75) is 13.5 Å². The summed E-state index contributed by atoms with van der Waals surface area (Å²) in [5.41, 5.74) is 5.14. The molecule has 0 fully saturated rings. The van der Waals surface area contributed by atoms with E-state index < -0.39 is 0 Å². The number of hydrogen-bond acceptors (Lipinski definition) is 4. The van der Waals surface area contributed by atoms with Gasteiger partial charge in [0.2, 0.25) is 9.54 Å². The lowest BCUT2D eigenvalue weighted by atomic mass is 10.1. The molecule has 0 unspecified atom stereocenters. The lowest BCUT2D eigenvalue weighted by Gasteiger charge is -2.02. The number of hydrogen-bond donors (Lipinski definition) is 2. The summed E-state index contributed by atoms with van der Waals surface area (Å²) in [6.45, 7) is 2.74. The molecule has 0 amide bonds. The highest BCUT2D eigenvalue weighted by Gasteiger charge is 2.11.